The van der Waals surface area contributed by atoms with Crippen LogP contribution >= 0.6 is 0 Å². The monoisotopic (exact) mass is 210 g/mol. The first-order valence-electron chi connectivity index (χ1n) is 5.16. The molecule has 1 aliphatic carbocycles. The Morgan fingerprint density at radius 3 is 2.53 bits per heavy atom. The predicted octanol–water partition coefficient (Wildman–Crippen LogP) is 0.398. The zero-order chi connectivity index (χ0) is 10.8. The van der Waals surface area contributed by atoms with Crippen LogP contribution in [-0.4, -0.2) is 6.61 Å². The quantitative estimate of drug-likeness (QED) is 0.555. The minimum absolute atomic E-state index is 0.0218. The second-order valence-electron chi connectivity index (χ2n) is 4.01. The van der Waals surface area contributed by atoms with Crippen LogP contribution in [0.4, 0.5) is 11.4 Å². The first-order chi connectivity index (χ1) is 7.20. The third kappa shape index (κ3) is 1.87. The molecule has 0 aromatic heterocycles. The Kier molecular flexibility index (Phi) is 2.73. The summed E-state index contributed by atoms with van der Waals surface area (Å²) >= 11 is 0. The van der Waals surface area contributed by atoms with E-state index in [1.807, 2.05) is 0 Å². The van der Waals surface area contributed by atoms with Crippen LogP contribution in [0.1, 0.15) is 25.7 Å². The molecule has 5 nitrogen and oxygen atoms in total. The molecule has 15 heavy (non-hydrogen) atoms. The van der Waals surface area contributed by atoms with Gasteiger partial charge in [-0.25, -0.2) is 0 Å². The van der Waals surface area contributed by atoms with Gasteiger partial charge in [-0.05, 0) is 18.8 Å². The highest BCUT2D eigenvalue weighted by molar-refractivity contribution is 5.70. The molecule has 0 spiro atoms. The van der Waals surface area contributed by atoms with Crippen molar-refractivity contribution < 1.29 is 4.84 Å². The fraction of sp³-hybridized carbons (Fsp3) is 0.600. The van der Waals surface area contributed by atoms with Gasteiger partial charge in [0.2, 0.25) is 0 Å². The average Bonchev–Trinajstić information content (AvgIpc) is 2.75. The van der Waals surface area contributed by atoms with E-state index < -0.39 is 10.9 Å². The maximum absolute atomic E-state index is 11.0. The van der Waals surface area contributed by atoms with E-state index in [2.05, 4.69) is 5.48 Å². The largest absolute Gasteiger partial charge is 0.394 e. The zero-order valence-electron chi connectivity index (χ0n) is 8.41. The van der Waals surface area contributed by atoms with E-state index in [1.54, 1.807) is 0 Å². The molecule has 1 aliphatic rings. The maximum atomic E-state index is 11.0. The van der Waals surface area contributed by atoms with Gasteiger partial charge in [-0.1, -0.05) is 12.8 Å². The Hall–Kier alpha value is -1.36. The van der Waals surface area contributed by atoms with Gasteiger partial charge in [0.05, 0.1) is 6.61 Å². The molecule has 0 aliphatic heterocycles. The van der Waals surface area contributed by atoms with Crippen LogP contribution < -0.4 is 22.1 Å². The van der Waals surface area contributed by atoms with Crippen molar-refractivity contribution in [3.05, 3.63) is 20.4 Å². The topological polar surface area (TPSA) is 81.4 Å². The second kappa shape index (κ2) is 4.02. The second-order valence-corrected chi connectivity index (χ2v) is 4.01. The van der Waals surface area contributed by atoms with E-state index in [0.717, 1.165) is 0 Å². The molecule has 82 valence electrons. The number of hydrogen-bond donors (Lipinski definition) is 2. The molecule has 3 N–H and O–H groups in total. The van der Waals surface area contributed by atoms with E-state index in [1.165, 1.54) is 25.7 Å². The van der Waals surface area contributed by atoms with Crippen LogP contribution in [-0.2, 0) is 4.84 Å². The zero-order valence-corrected chi connectivity index (χ0v) is 8.41. The summed E-state index contributed by atoms with van der Waals surface area (Å²) in [4.78, 5) is 26.9. The van der Waals surface area contributed by atoms with Gasteiger partial charge in [0.1, 0.15) is 11.4 Å². The van der Waals surface area contributed by atoms with Crippen molar-refractivity contribution in [2.24, 2.45) is 5.92 Å². The lowest BCUT2D eigenvalue weighted by Gasteiger charge is -2.12. The summed E-state index contributed by atoms with van der Waals surface area (Å²) < 4.78 is 0. The standard InChI is InChI=1S/C10H14N2O3/c11-7-8(10(14)9(7)13)12-15-5-6-3-1-2-4-6/h6,12H,1-5,11H2. The lowest BCUT2D eigenvalue weighted by Crippen LogP contribution is -2.37. The summed E-state index contributed by atoms with van der Waals surface area (Å²) in [6.45, 7) is 0.568. The number of anilines is 2. The summed E-state index contributed by atoms with van der Waals surface area (Å²) in [6.07, 6.45) is 4.83. The summed E-state index contributed by atoms with van der Waals surface area (Å²) in [5.74, 6) is 0.560. The molecule has 0 heterocycles. The molecule has 1 fully saturated rings. The Morgan fingerprint density at radius 2 is 1.93 bits per heavy atom. The van der Waals surface area contributed by atoms with E-state index in [0.29, 0.717) is 12.5 Å². The van der Waals surface area contributed by atoms with Crippen molar-refractivity contribution in [2.75, 3.05) is 17.8 Å². The van der Waals surface area contributed by atoms with E-state index in [-0.39, 0.29) is 11.4 Å². The van der Waals surface area contributed by atoms with Gasteiger partial charge in [0, 0.05) is 0 Å². The van der Waals surface area contributed by atoms with Crippen molar-refractivity contribution >= 4 is 11.4 Å². The van der Waals surface area contributed by atoms with Crippen LogP contribution in [0.2, 0.25) is 0 Å². The highest BCUT2D eigenvalue weighted by Gasteiger charge is 2.19. The number of nitrogens with two attached hydrogens (primary N) is 1. The predicted molar refractivity (Wildman–Crippen MR) is 57.3 cm³/mol. The van der Waals surface area contributed by atoms with E-state index in [9.17, 15) is 9.59 Å². The SMILES string of the molecule is Nc1c(NOCC2CCCC2)c(=O)c1=O. The van der Waals surface area contributed by atoms with Gasteiger partial charge in [-0.2, -0.15) is 0 Å². The molecule has 1 aromatic carbocycles. The van der Waals surface area contributed by atoms with Gasteiger partial charge in [0.25, 0.3) is 10.9 Å². The summed E-state index contributed by atoms with van der Waals surface area (Å²) in [7, 11) is 0. The van der Waals surface area contributed by atoms with E-state index >= 15 is 0 Å². The third-order valence-electron chi connectivity index (χ3n) is 2.92. The number of rotatable bonds is 4. The van der Waals surface area contributed by atoms with Crippen LogP contribution in [0, 0.1) is 5.92 Å². The van der Waals surface area contributed by atoms with Crippen LogP contribution in [0.5, 0.6) is 0 Å². The number of hydrogen-bond acceptors (Lipinski definition) is 5. The Bertz CT molecular complexity index is 414. The normalized spacial score (nSPS) is 17.3. The van der Waals surface area contributed by atoms with Gasteiger partial charge in [-0.15, -0.1) is 0 Å². The van der Waals surface area contributed by atoms with Crippen molar-refractivity contribution in [1.29, 1.82) is 0 Å². The molecule has 0 unspecified atom stereocenters. The minimum atomic E-state index is -0.623. The molecular formula is C10H14N2O3. The Morgan fingerprint density at radius 1 is 1.27 bits per heavy atom. The lowest BCUT2D eigenvalue weighted by molar-refractivity contribution is 0.151. The first kappa shape index (κ1) is 10.2. The summed E-state index contributed by atoms with van der Waals surface area (Å²) in [6, 6.07) is 0. The fourth-order valence-electron chi connectivity index (χ4n) is 1.92. The highest BCUT2D eigenvalue weighted by Crippen LogP contribution is 2.24. The average molecular weight is 210 g/mol. The Labute approximate surface area is 86.9 Å². The van der Waals surface area contributed by atoms with Gasteiger partial charge < -0.3 is 5.73 Å². The summed E-state index contributed by atoms with van der Waals surface area (Å²) in [5.41, 5.74) is 6.66. The summed E-state index contributed by atoms with van der Waals surface area (Å²) in [5, 5.41) is 0. The molecule has 1 aromatic rings. The highest BCUT2D eigenvalue weighted by atomic mass is 16.6. The number of nitrogen functional groups attached to an aromatic ring is 1. The van der Waals surface area contributed by atoms with Gasteiger partial charge >= 0.3 is 0 Å². The van der Waals surface area contributed by atoms with Crippen molar-refractivity contribution in [1.82, 2.24) is 0 Å². The van der Waals surface area contributed by atoms with Crippen LogP contribution in [0.3, 0.4) is 0 Å². The first-order valence-corrected chi connectivity index (χ1v) is 5.16. The maximum Gasteiger partial charge on any atom is 0.255 e. The van der Waals surface area contributed by atoms with Crippen molar-refractivity contribution in [2.45, 2.75) is 25.7 Å². The van der Waals surface area contributed by atoms with Gasteiger partial charge in [0.15, 0.2) is 0 Å². The molecular weight excluding hydrogens is 196 g/mol. The fourth-order valence-corrected chi connectivity index (χ4v) is 1.92. The molecule has 0 bridgehead atoms. The van der Waals surface area contributed by atoms with Crippen LogP contribution in [0.15, 0.2) is 9.59 Å². The van der Waals surface area contributed by atoms with Crippen molar-refractivity contribution in [3.8, 4) is 0 Å². The Balaban J connectivity index is 1.79. The van der Waals surface area contributed by atoms with Gasteiger partial charge in [-0.3, -0.25) is 19.9 Å². The van der Waals surface area contributed by atoms with Crippen molar-refractivity contribution in [3.63, 3.8) is 0 Å². The molecule has 0 saturated heterocycles. The van der Waals surface area contributed by atoms with Crippen LogP contribution in [0.25, 0.3) is 0 Å². The minimum Gasteiger partial charge on any atom is -0.394 e. The molecule has 5 heteroatoms. The molecule has 0 radical (unpaired) electrons. The number of nitrogens with one attached hydrogen (secondary N) is 1. The molecule has 1 saturated carbocycles. The lowest BCUT2D eigenvalue weighted by atomic mass is 10.1. The third-order valence-corrected chi connectivity index (χ3v) is 2.92. The molecule has 2 rings (SSSR count). The van der Waals surface area contributed by atoms with E-state index in [4.69, 9.17) is 10.6 Å². The molecule has 0 atom stereocenters. The smallest absolute Gasteiger partial charge is 0.255 e. The molecule has 0 amide bonds.